The fourth-order valence-electron chi connectivity index (χ4n) is 12.3. The highest BCUT2D eigenvalue weighted by atomic mass is 16.9. The summed E-state index contributed by atoms with van der Waals surface area (Å²) in [5, 5.41) is 10.5. The minimum absolute atomic E-state index is 0.0972. The van der Waals surface area contributed by atoms with Gasteiger partial charge in [-0.15, -0.1) is 0 Å². The first kappa shape index (κ1) is 32.9. The molecular formula is C36H44O13. The number of carboxylic acid groups (broad SMARTS) is 1. The molecule has 0 amide bonds. The molecule has 0 radical (unpaired) electrons. The fraction of sp³-hybridized carbons (Fsp3) is 0.750. The number of ketones is 1. The second kappa shape index (κ2) is 9.33. The van der Waals surface area contributed by atoms with Crippen LogP contribution in [-0.4, -0.2) is 75.4 Å². The first-order chi connectivity index (χ1) is 22.8. The Labute approximate surface area is 283 Å². The van der Waals surface area contributed by atoms with E-state index >= 15 is 0 Å². The maximum Gasteiger partial charge on any atom is 0.309 e. The van der Waals surface area contributed by atoms with E-state index in [0.717, 1.165) is 0 Å². The average Bonchev–Trinajstić information content (AvgIpc) is 3.71. The molecule has 0 aromatic carbocycles. The van der Waals surface area contributed by atoms with Crippen LogP contribution in [0.15, 0.2) is 23.0 Å². The van der Waals surface area contributed by atoms with Crippen molar-refractivity contribution < 1.29 is 61.9 Å². The maximum absolute atomic E-state index is 14.5. The highest BCUT2D eigenvalue weighted by molar-refractivity contribution is 6.01. The van der Waals surface area contributed by atoms with E-state index in [9.17, 15) is 29.1 Å². The number of Topliss-reactive ketones (excluding diaryl/α,β-unsaturated/α-hetero) is 1. The molecule has 49 heavy (non-hydrogen) atoms. The summed E-state index contributed by atoms with van der Waals surface area (Å²) in [5.41, 5.74) is -10.1. The second-order valence-corrected chi connectivity index (χ2v) is 16.9. The molecule has 1 aromatic heterocycles. The van der Waals surface area contributed by atoms with Crippen LogP contribution in [0.5, 0.6) is 0 Å². The summed E-state index contributed by atoms with van der Waals surface area (Å²) in [6.45, 7) is 13.8. The van der Waals surface area contributed by atoms with Crippen molar-refractivity contribution in [3.05, 3.63) is 24.2 Å². The number of carboxylic acids is 1. The van der Waals surface area contributed by atoms with Gasteiger partial charge in [-0.3, -0.25) is 24.0 Å². The van der Waals surface area contributed by atoms with Gasteiger partial charge in [0, 0.05) is 35.5 Å². The number of fused-ring (bicyclic) bond motifs is 3. The molecule has 7 fully saturated rings. The number of aliphatic carboxylic acids is 1. The number of carbonyl (C=O) groups is 5. The molecule has 266 valence electrons. The van der Waals surface area contributed by atoms with Crippen molar-refractivity contribution >= 4 is 29.7 Å². The van der Waals surface area contributed by atoms with Gasteiger partial charge in [0.15, 0.2) is 18.0 Å². The van der Waals surface area contributed by atoms with Gasteiger partial charge in [-0.2, -0.15) is 0 Å². The van der Waals surface area contributed by atoms with E-state index in [2.05, 4.69) is 0 Å². The minimum atomic E-state index is -2.01. The van der Waals surface area contributed by atoms with Gasteiger partial charge in [0.1, 0.15) is 23.1 Å². The first-order valence-corrected chi connectivity index (χ1v) is 17.3. The lowest BCUT2D eigenvalue weighted by molar-refractivity contribution is -0.477. The number of carbonyl (C=O) groups excluding carboxylic acids is 4. The summed E-state index contributed by atoms with van der Waals surface area (Å²) in [6, 6.07) is 1.57. The number of esters is 3. The molecule has 1 aromatic rings. The average molecular weight is 685 g/mol. The smallest absolute Gasteiger partial charge is 0.309 e. The molecule has 8 rings (SSSR count). The molecule has 12 unspecified atom stereocenters. The summed E-state index contributed by atoms with van der Waals surface area (Å²) < 4.78 is 46.1. The molecule has 4 heterocycles. The lowest BCUT2D eigenvalue weighted by atomic mass is 9.33. The largest absolute Gasteiger partial charge is 0.481 e. The monoisotopic (exact) mass is 684 g/mol. The summed E-state index contributed by atoms with van der Waals surface area (Å²) in [4.78, 5) is 69.1. The van der Waals surface area contributed by atoms with Crippen molar-refractivity contribution in [1.82, 2.24) is 0 Å². The Morgan fingerprint density at radius 1 is 0.959 bits per heavy atom. The Balaban J connectivity index is 1.48. The molecular weight excluding hydrogens is 640 g/mol. The first-order valence-electron chi connectivity index (χ1n) is 17.3. The Bertz CT molecular complexity index is 1700. The standard InChI is InChI=1S/C36H44O13/c1-17(2)25(41)45-27-30(6)16-34-31(7,20(30)13-22(37)38)33-11-10-29(5,24(40)19-9-12-43-15-19)21-14-23(39)44-28(36(27,34)46-26(42)18(3)4)35(21,33)49-32(8,47-33)48-34/h9,12,15,17-18,20-21,27-28H,10-11,13-14,16H2,1-8H3,(H,37,38). The van der Waals surface area contributed by atoms with Crippen LogP contribution in [0.2, 0.25) is 0 Å². The highest BCUT2D eigenvalue weighted by Gasteiger charge is 3.05. The van der Waals surface area contributed by atoms with E-state index < -0.39 is 104 Å². The molecule has 13 heteroatoms. The van der Waals surface area contributed by atoms with E-state index in [4.69, 9.17) is 32.8 Å². The van der Waals surface area contributed by atoms with Crippen LogP contribution in [0.3, 0.4) is 0 Å². The van der Waals surface area contributed by atoms with Crippen LogP contribution in [0.1, 0.15) is 97.9 Å². The maximum atomic E-state index is 14.5. The van der Waals surface area contributed by atoms with Gasteiger partial charge in [0.05, 0.1) is 30.1 Å². The van der Waals surface area contributed by atoms with Crippen LogP contribution >= 0.6 is 0 Å². The predicted molar refractivity (Wildman–Crippen MR) is 163 cm³/mol. The van der Waals surface area contributed by atoms with Crippen LogP contribution < -0.4 is 0 Å². The SMILES string of the molecule is CC(C)C(=O)OC1C2(C)CC34OC5(C)OC67C(CC(=O)OC6C13OC(=O)C(C)C)C(C)(C(=O)c1ccoc1)CCC7(O5)C4(C)C2CC(=O)O. The number of rotatable bonds is 8. The summed E-state index contributed by atoms with van der Waals surface area (Å²) in [6.07, 6.45) is -0.0270. The normalized spacial score (nSPS) is 49.6. The minimum Gasteiger partial charge on any atom is -0.481 e. The van der Waals surface area contributed by atoms with Crippen molar-refractivity contribution in [2.45, 2.75) is 128 Å². The molecule has 4 aliphatic carbocycles. The van der Waals surface area contributed by atoms with Crippen LogP contribution in [0.4, 0.5) is 0 Å². The zero-order valence-electron chi connectivity index (χ0n) is 29.1. The van der Waals surface area contributed by atoms with Gasteiger partial charge in [-0.05, 0) is 31.2 Å². The molecule has 13 nitrogen and oxygen atoms in total. The summed E-state index contributed by atoms with van der Waals surface area (Å²) in [5.74, 6) is -7.99. The van der Waals surface area contributed by atoms with Crippen LogP contribution in [-0.2, 0) is 47.6 Å². The number of hydrogen-bond donors (Lipinski definition) is 1. The molecule has 7 aliphatic rings. The molecule has 4 bridgehead atoms. The van der Waals surface area contributed by atoms with Crippen LogP contribution in [0, 0.1) is 39.9 Å². The lowest BCUT2D eigenvalue weighted by Crippen LogP contribution is -2.94. The van der Waals surface area contributed by atoms with E-state index in [0.29, 0.717) is 5.56 Å². The van der Waals surface area contributed by atoms with E-state index in [1.165, 1.54) is 12.5 Å². The Kier molecular flexibility index (Phi) is 6.26. The molecule has 3 spiro atoms. The van der Waals surface area contributed by atoms with Gasteiger partial charge >= 0.3 is 23.9 Å². The third kappa shape index (κ3) is 3.28. The van der Waals surface area contributed by atoms with Crippen molar-refractivity contribution in [2.75, 3.05) is 0 Å². The van der Waals surface area contributed by atoms with Crippen LogP contribution in [0.25, 0.3) is 0 Å². The van der Waals surface area contributed by atoms with Crippen molar-refractivity contribution in [1.29, 1.82) is 0 Å². The lowest BCUT2D eigenvalue weighted by Gasteiger charge is -2.77. The molecule has 3 aliphatic heterocycles. The number of hydrogen-bond acceptors (Lipinski definition) is 12. The van der Waals surface area contributed by atoms with Gasteiger partial charge in [0.25, 0.3) is 5.97 Å². The van der Waals surface area contributed by atoms with E-state index in [-0.39, 0.29) is 37.9 Å². The third-order valence-corrected chi connectivity index (χ3v) is 13.9. The molecule has 1 N–H and O–H groups in total. The third-order valence-electron chi connectivity index (χ3n) is 13.9. The topological polar surface area (TPSA) is 174 Å². The zero-order chi connectivity index (χ0) is 35.5. The predicted octanol–water partition coefficient (Wildman–Crippen LogP) is 4.20. The summed E-state index contributed by atoms with van der Waals surface area (Å²) in [7, 11) is 0. The molecule has 3 saturated heterocycles. The van der Waals surface area contributed by atoms with Crippen molar-refractivity contribution in [2.24, 2.45) is 39.9 Å². The fourth-order valence-corrected chi connectivity index (χ4v) is 12.3. The summed E-state index contributed by atoms with van der Waals surface area (Å²) >= 11 is 0. The van der Waals surface area contributed by atoms with Crippen molar-refractivity contribution in [3.63, 3.8) is 0 Å². The Hall–Kier alpha value is -3.29. The number of furan rings is 1. The zero-order valence-corrected chi connectivity index (χ0v) is 29.1. The Morgan fingerprint density at radius 2 is 1.63 bits per heavy atom. The van der Waals surface area contributed by atoms with E-state index in [1.54, 1.807) is 47.6 Å². The van der Waals surface area contributed by atoms with Crippen molar-refractivity contribution in [3.8, 4) is 0 Å². The second-order valence-electron chi connectivity index (χ2n) is 16.9. The van der Waals surface area contributed by atoms with Gasteiger partial charge in [-0.25, -0.2) is 0 Å². The highest BCUT2D eigenvalue weighted by Crippen LogP contribution is 2.90. The van der Waals surface area contributed by atoms with Gasteiger partial charge in [0.2, 0.25) is 5.60 Å². The molecule has 4 saturated carbocycles. The Morgan fingerprint density at radius 3 is 2.24 bits per heavy atom. The van der Waals surface area contributed by atoms with E-state index in [1.807, 2.05) is 13.8 Å². The quantitative estimate of drug-likeness (QED) is 0.235. The van der Waals surface area contributed by atoms with Gasteiger partial charge < -0.3 is 37.9 Å². The van der Waals surface area contributed by atoms with Gasteiger partial charge in [-0.1, -0.05) is 48.5 Å². The molecule has 12 atom stereocenters. The number of ether oxygens (including phenoxy) is 6.